The van der Waals surface area contributed by atoms with Gasteiger partial charge in [0.25, 0.3) is 0 Å². The molecule has 0 fully saturated rings. The van der Waals surface area contributed by atoms with Crippen molar-refractivity contribution < 1.29 is 29.6 Å². The Morgan fingerprint density at radius 1 is 1.18 bits per heavy atom. The molecule has 1 aromatic rings. The zero-order chi connectivity index (χ0) is 16.3. The van der Waals surface area contributed by atoms with Crippen LogP contribution in [0, 0.1) is 0 Å². The predicted octanol–water partition coefficient (Wildman–Crippen LogP) is 1.69. The van der Waals surface area contributed by atoms with Crippen LogP contribution in [0.2, 0.25) is 0 Å². The van der Waals surface area contributed by atoms with Crippen LogP contribution in [-0.2, 0) is 16.0 Å². The summed E-state index contributed by atoms with van der Waals surface area (Å²) >= 11 is 0. The number of rotatable bonds is 0. The van der Waals surface area contributed by atoms with E-state index in [-0.39, 0.29) is 41.6 Å². The second-order valence-corrected chi connectivity index (χ2v) is 5.72. The molecule has 0 bridgehead atoms. The minimum Gasteiger partial charge on any atom is -0.508 e. The van der Waals surface area contributed by atoms with Crippen molar-refractivity contribution in [2.45, 2.75) is 51.2 Å². The van der Waals surface area contributed by atoms with Crippen LogP contribution in [0.1, 0.15) is 48.5 Å². The maximum atomic E-state index is 12.2. The molecule has 2 rings (SSSR count). The van der Waals surface area contributed by atoms with Crippen molar-refractivity contribution in [2.24, 2.45) is 0 Å². The van der Waals surface area contributed by atoms with E-state index in [0.29, 0.717) is 19.3 Å². The highest BCUT2D eigenvalue weighted by Crippen LogP contribution is 2.29. The van der Waals surface area contributed by atoms with E-state index >= 15 is 0 Å². The van der Waals surface area contributed by atoms with Gasteiger partial charge < -0.3 is 20.1 Å². The van der Waals surface area contributed by atoms with E-state index in [4.69, 9.17) is 4.74 Å². The number of cyclic esters (lactones) is 1. The van der Waals surface area contributed by atoms with Gasteiger partial charge in [-0.15, -0.1) is 0 Å². The fraction of sp³-hybridized carbons (Fsp3) is 0.500. The minimum absolute atomic E-state index is 0.0146. The van der Waals surface area contributed by atoms with Gasteiger partial charge in [0.2, 0.25) is 0 Å². The molecule has 0 amide bonds. The summed E-state index contributed by atoms with van der Waals surface area (Å²) in [5.41, 5.74) is 0.0977. The topological polar surface area (TPSA) is 104 Å². The monoisotopic (exact) mass is 308 g/mol. The van der Waals surface area contributed by atoms with Gasteiger partial charge in [-0.05, 0) is 37.8 Å². The van der Waals surface area contributed by atoms with Crippen molar-refractivity contribution in [3.05, 3.63) is 23.3 Å². The Morgan fingerprint density at radius 3 is 2.64 bits per heavy atom. The molecule has 0 radical (unpaired) electrons. The number of ketones is 1. The average Bonchev–Trinajstić information content (AvgIpc) is 2.35. The largest absolute Gasteiger partial charge is 0.508 e. The summed E-state index contributed by atoms with van der Waals surface area (Å²) in [5, 5.41) is 29.3. The quantitative estimate of drug-likeness (QED) is 0.630. The number of phenols is 2. The van der Waals surface area contributed by atoms with Crippen LogP contribution in [0.3, 0.4) is 0 Å². The number of carbonyl (C=O) groups excluding carboxylic acids is 2. The Kier molecular flexibility index (Phi) is 5.03. The predicted molar refractivity (Wildman–Crippen MR) is 77.8 cm³/mol. The molecule has 0 saturated heterocycles. The van der Waals surface area contributed by atoms with Crippen molar-refractivity contribution in [3.63, 3.8) is 0 Å². The van der Waals surface area contributed by atoms with Gasteiger partial charge in [0.15, 0.2) is 0 Å². The molecule has 1 aromatic carbocycles. The summed E-state index contributed by atoms with van der Waals surface area (Å²) in [6.45, 7) is 1.73. The molecular formula is C16H20O6. The van der Waals surface area contributed by atoms with E-state index < -0.39 is 17.8 Å². The number of aliphatic hydroxyl groups excluding tert-OH is 1. The Bertz CT molecular complexity index is 580. The van der Waals surface area contributed by atoms with E-state index in [1.165, 1.54) is 6.07 Å². The molecule has 0 spiro atoms. The molecule has 6 nitrogen and oxygen atoms in total. The third-order valence-corrected chi connectivity index (χ3v) is 3.70. The van der Waals surface area contributed by atoms with Gasteiger partial charge in [0, 0.05) is 18.9 Å². The van der Waals surface area contributed by atoms with Crippen LogP contribution in [0.25, 0.3) is 0 Å². The number of phenolic OH excluding ortho intramolecular Hbond substituents is 2. The molecule has 0 saturated carbocycles. The second-order valence-electron chi connectivity index (χ2n) is 5.72. The highest BCUT2D eigenvalue weighted by Gasteiger charge is 2.24. The highest BCUT2D eigenvalue weighted by molar-refractivity contribution is 5.96. The summed E-state index contributed by atoms with van der Waals surface area (Å²) in [6, 6.07) is 2.30. The lowest BCUT2D eigenvalue weighted by atomic mass is 9.96. The number of carbonyl (C=O) groups is 2. The normalized spacial score (nSPS) is 23.9. The number of hydrogen-bond donors (Lipinski definition) is 3. The number of ether oxygens (including phenoxy) is 1. The molecule has 1 heterocycles. The SMILES string of the molecule is C[C@H]1CCC[C@H](O)CC(=O)Cc2cc(O)cc(O)c2C(=O)O1. The van der Waals surface area contributed by atoms with E-state index in [2.05, 4.69) is 0 Å². The molecule has 0 aromatic heterocycles. The summed E-state index contributed by atoms with van der Waals surface area (Å²) in [6.07, 6.45) is 0.394. The molecule has 120 valence electrons. The lowest BCUT2D eigenvalue weighted by molar-refractivity contribution is -0.120. The molecule has 0 unspecified atom stereocenters. The van der Waals surface area contributed by atoms with Crippen LogP contribution < -0.4 is 0 Å². The molecule has 2 atom stereocenters. The standard InChI is InChI=1S/C16H20O6/c1-9-3-2-4-11(17)7-12(18)5-10-6-13(19)8-14(20)15(10)16(21)22-9/h6,8-9,11,17,19-20H,2-5,7H2,1H3/t9-,11-/m0/s1. The number of benzene rings is 1. The molecule has 22 heavy (non-hydrogen) atoms. The summed E-state index contributed by atoms with van der Waals surface area (Å²) < 4.78 is 5.27. The smallest absolute Gasteiger partial charge is 0.342 e. The third-order valence-electron chi connectivity index (χ3n) is 3.70. The van der Waals surface area contributed by atoms with Gasteiger partial charge in [-0.2, -0.15) is 0 Å². The first kappa shape index (κ1) is 16.3. The van der Waals surface area contributed by atoms with Gasteiger partial charge in [-0.25, -0.2) is 4.79 Å². The van der Waals surface area contributed by atoms with Gasteiger partial charge in [0.1, 0.15) is 22.8 Å². The Hall–Kier alpha value is -2.08. The Balaban J connectivity index is 2.40. The van der Waals surface area contributed by atoms with Crippen molar-refractivity contribution in [3.8, 4) is 11.5 Å². The van der Waals surface area contributed by atoms with Crippen molar-refractivity contribution >= 4 is 11.8 Å². The number of Topliss-reactive ketones (excluding diaryl/α,β-unsaturated/α-hetero) is 1. The Labute approximate surface area is 128 Å². The number of aliphatic hydroxyl groups is 1. The summed E-state index contributed by atoms with van der Waals surface area (Å²) in [5.74, 6) is -1.63. The third kappa shape index (κ3) is 3.98. The lowest BCUT2D eigenvalue weighted by Crippen LogP contribution is -2.21. The van der Waals surface area contributed by atoms with Crippen LogP contribution in [0.5, 0.6) is 11.5 Å². The summed E-state index contributed by atoms with van der Waals surface area (Å²) in [7, 11) is 0. The van der Waals surface area contributed by atoms with Gasteiger partial charge in [-0.3, -0.25) is 4.79 Å². The van der Waals surface area contributed by atoms with Crippen molar-refractivity contribution in [1.82, 2.24) is 0 Å². The number of aromatic hydroxyl groups is 2. The Morgan fingerprint density at radius 2 is 1.91 bits per heavy atom. The molecule has 6 heteroatoms. The van der Waals surface area contributed by atoms with Gasteiger partial charge in [0.05, 0.1) is 12.2 Å². The number of esters is 1. The van der Waals surface area contributed by atoms with E-state index in [1.54, 1.807) is 6.92 Å². The van der Waals surface area contributed by atoms with E-state index in [9.17, 15) is 24.9 Å². The van der Waals surface area contributed by atoms with Gasteiger partial charge in [-0.1, -0.05) is 0 Å². The highest BCUT2D eigenvalue weighted by atomic mass is 16.5. The molecule has 1 aliphatic heterocycles. The van der Waals surface area contributed by atoms with E-state index in [1.807, 2.05) is 0 Å². The molecular weight excluding hydrogens is 288 g/mol. The van der Waals surface area contributed by atoms with Gasteiger partial charge >= 0.3 is 5.97 Å². The zero-order valence-corrected chi connectivity index (χ0v) is 12.4. The summed E-state index contributed by atoms with van der Waals surface area (Å²) in [4.78, 5) is 24.2. The molecule has 0 aliphatic carbocycles. The maximum Gasteiger partial charge on any atom is 0.342 e. The van der Waals surface area contributed by atoms with Crippen molar-refractivity contribution in [2.75, 3.05) is 0 Å². The zero-order valence-electron chi connectivity index (χ0n) is 12.4. The first-order chi connectivity index (χ1) is 10.4. The molecule has 1 aliphatic rings. The van der Waals surface area contributed by atoms with Crippen LogP contribution in [-0.4, -0.2) is 39.3 Å². The molecule has 3 N–H and O–H groups in total. The van der Waals surface area contributed by atoms with Crippen LogP contribution in [0.4, 0.5) is 0 Å². The second kappa shape index (κ2) is 6.79. The van der Waals surface area contributed by atoms with Crippen LogP contribution >= 0.6 is 0 Å². The first-order valence-electron chi connectivity index (χ1n) is 7.32. The first-order valence-corrected chi connectivity index (χ1v) is 7.32. The minimum atomic E-state index is -0.732. The average molecular weight is 308 g/mol. The van der Waals surface area contributed by atoms with Crippen LogP contribution in [0.15, 0.2) is 12.1 Å². The number of fused-ring (bicyclic) bond motifs is 1. The fourth-order valence-electron chi connectivity index (χ4n) is 2.64. The lowest BCUT2D eigenvalue weighted by Gasteiger charge is -2.18. The van der Waals surface area contributed by atoms with Crippen molar-refractivity contribution in [1.29, 1.82) is 0 Å². The number of hydrogen-bond acceptors (Lipinski definition) is 6. The maximum absolute atomic E-state index is 12.2. The fourth-order valence-corrected chi connectivity index (χ4v) is 2.64. The van der Waals surface area contributed by atoms with E-state index in [0.717, 1.165) is 6.07 Å².